The smallest absolute Gasteiger partial charge is 0.317 e. The number of ether oxygens (including phenoxy) is 1. The summed E-state index contributed by atoms with van der Waals surface area (Å²) in [6.45, 7) is 1.47. The predicted octanol–water partition coefficient (Wildman–Crippen LogP) is 3.58. The fourth-order valence-corrected chi connectivity index (χ4v) is 3.90. The van der Waals surface area contributed by atoms with Gasteiger partial charge in [0.05, 0.1) is 11.1 Å². The summed E-state index contributed by atoms with van der Waals surface area (Å²) < 4.78 is 18.5. The average molecular weight is 362 g/mol. The van der Waals surface area contributed by atoms with Gasteiger partial charge in [-0.3, -0.25) is 14.9 Å². The first kappa shape index (κ1) is 17.5. The second kappa shape index (κ2) is 7.31. The van der Waals surface area contributed by atoms with Gasteiger partial charge in [0.25, 0.3) is 5.91 Å². The monoisotopic (exact) mass is 362 g/mol. The summed E-state index contributed by atoms with van der Waals surface area (Å²) in [7, 11) is 0. The Kier molecular flexibility index (Phi) is 5.13. The number of carbonyl (C=O) groups is 2. The molecule has 1 aromatic heterocycles. The number of carbonyl (C=O) groups excluding carboxylic acids is 2. The van der Waals surface area contributed by atoms with Gasteiger partial charge in [-0.1, -0.05) is 25.0 Å². The minimum atomic E-state index is -0.786. The Morgan fingerprint density at radius 1 is 1.28 bits per heavy atom. The Bertz CT molecular complexity index is 767. The first-order valence-corrected chi connectivity index (χ1v) is 9.03. The highest BCUT2D eigenvalue weighted by atomic mass is 32.1. The second-order valence-electron chi connectivity index (χ2n) is 6.21. The molecular formula is C18H19FN2O3S. The molecule has 132 valence electrons. The lowest BCUT2D eigenvalue weighted by atomic mass is 9.79. The van der Waals surface area contributed by atoms with Crippen molar-refractivity contribution < 1.29 is 18.7 Å². The van der Waals surface area contributed by atoms with Crippen LogP contribution in [-0.2, 0) is 19.7 Å². The molecule has 2 aromatic rings. The van der Waals surface area contributed by atoms with Crippen LogP contribution in [0.4, 0.5) is 9.52 Å². The van der Waals surface area contributed by atoms with E-state index in [2.05, 4.69) is 10.3 Å². The third-order valence-electron chi connectivity index (χ3n) is 4.44. The molecule has 3 rings (SSSR count). The van der Waals surface area contributed by atoms with Crippen LogP contribution in [-0.4, -0.2) is 23.5 Å². The van der Waals surface area contributed by atoms with Crippen LogP contribution in [0.3, 0.4) is 0 Å². The van der Waals surface area contributed by atoms with Crippen LogP contribution in [0.2, 0.25) is 0 Å². The molecule has 0 bridgehead atoms. The summed E-state index contributed by atoms with van der Waals surface area (Å²) in [5, 5.41) is 4.91. The van der Waals surface area contributed by atoms with Crippen LogP contribution in [0.1, 0.15) is 36.9 Å². The number of hydrogen-bond donors (Lipinski definition) is 1. The first-order valence-electron chi connectivity index (χ1n) is 8.15. The molecule has 0 aliphatic heterocycles. The molecule has 1 aliphatic carbocycles. The summed E-state index contributed by atoms with van der Waals surface area (Å²) in [6.07, 6.45) is 3.09. The molecule has 7 heteroatoms. The van der Waals surface area contributed by atoms with Crippen molar-refractivity contribution in [3.05, 3.63) is 46.7 Å². The molecule has 0 spiro atoms. The van der Waals surface area contributed by atoms with Crippen LogP contribution in [0.25, 0.3) is 0 Å². The van der Waals surface area contributed by atoms with Gasteiger partial charge in [0, 0.05) is 5.38 Å². The highest BCUT2D eigenvalue weighted by Crippen LogP contribution is 2.42. The number of thiazole rings is 1. The summed E-state index contributed by atoms with van der Waals surface area (Å²) >= 11 is 1.32. The van der Waals surface area contributed by atoms with E-state index in [1.165, 1.54) is 23.5 Å². The zero-order chi connectivity index (χ0) is 17.9. The molecule has 0 unspecified atom stereocenters. The third-order valence-corrected chi connectivity index (χ3v) is 5.32. The van der Waals surface area contributed by atoms with Crippen LogP contribution in [0, 0.1) is 12.7 Å². The Hall–Kier alpha value is -2.28. The maximum absolute atomic E-state index is 13.2. The fourth-order valence-electron chi connectivity index (χ4n) is 3.19. The Balaban J connectivity index is 1.65. The van der Waals surface area contributed by atoms with Crippen LogP contribution in [0.5, 0.6) is 0 Å². The normalized spacial score (nSPS) is 15.8. The molecule has 25 heavy (non-hydrogen) atoms. The van der Waals surface area contributed by atoms with E-state index in [1.54, 1.807) is 12.1 Å². The molecule has 1 amide bonds. The molecule has 0 radical (unpaired) electrons. The van der Waals surface area contributed by atoms with E-state index in [1.807, 2.05) is 12.3 Å². The second-order valence-corrected chi connectivity index (χ2v) is 7.07. The van der Waals surface area contributed by atoms with Crippen LogP contribution < -0.4 is 5.32 Å². The minimum Gasteiger partial charge on any atom is -0.455 e. The number of nitrogens with zero attached hydrogens (tertiary/aromatic N) is 1. The minimum absolute atomic E-state index is 0.344. The molecule has 0 atom stereocenters. The van der Waals surface area contributed by atoms with Crippen molar-refractivity contribution in [2.75, 3.05) is 11.9 Å². The number of amides is 1. The Morgan fingerprint density at radius 2 is 1.96 bits per heavy atom. The highest BCUT2D eigenvalue weighted by molar-refractivity contribution is 7.13. The number of esters is 1. The quantitative estimate of drug-likeness (QED) is 0.826. The van der Waals surface area contributed by atoms with Crippen molar-refractivity contribution in [1.82, 2.24) is 4.98 Å². The molecule has 5 nitrogen and oxygen atoms in total. The zero-order valence-corrected chi connectivity index (χ0v) is 14.7. The average Bonchev–Trinajstić information content (AvgIpc) is 3.23. The van der Waals surface area contributed by atoms with Gasteiger partial charge in [-0.05, 0) is 37.5 Å². The summed E-state index contributed by atoms with van der Waals surface area (Å²) in [5.74, 6) is -1.19. The van der Waals surface area contributed by atoms with E-state index < -0.39 is 17.3 Å². The third kappa shape index (κ3) is 3.87. The Labute approximate surface area is 149 Å². The lowest BCUT2D eigenvalue weighted by Crippen LogP contribution is -2.36. The van der Waals surface area contributed by atoms with Crippen molar-refractivity contribution in [3.63, 3.8) is 0 Å². The SMILES string of the molecule is Cc1csc(NC(=O)COC(=O)C2(c3ccc(F)cc3)CCCC2)n1. The number of benzene rings is 1. The van der Waals surface area contributed by atoms with Crippen LogP contribution in [0.15, 0.2) is 29.6 Å². The summed E-state index contributed by atoms with van der Waals surface area (Å²) in [6, 6.07) is 5.95. The number of anilines is 1. The van der Waals surface area contributed by atoms with Gasteiger partial charge in [-0.25, -0.2) is 9.37 Å². The molecule has 1 saturated carbocycles. The maximum atomic E-state index is 13.2. The lowest BCUT2D eigenvalue weighted by Gasteiger charge is -2.27. The topological polar surface area (TPSA) is 68.3 Å². The van der Waals surface area contributed by atoms with E-state index in [4.69, 9.17) is 4.74 Å². The lowest BCUT2D eigenvalue weighted by molar-refractivity contribution is -0.153. The molecular weight excluding hydrogens is 343 g/mol. The van der Waals surface area contributed by atoms with Gasteiger partial charge in [0.15, 0.2) is 11.7 Å². The first-order chi connectivity index (χ1) is 12.0. The summed E-state index contributed by atoms with van der Waals surface area (Å²) in [5.41, 5.74) is 0.775. The van der Waals surface area contributed by atoms with Crippen LogP contribution >= 0.6 is 11.3 Å². The van der Waals surface area contributed by atoms with E-state index in [9.17, 15) is 14.0 Å². The number of aryl methyl sites for hydroxylation is 1. The molecule has 1 heterocycles. The Morgan fingerprint density at radius 3 is 2.56 bits per heavy atom. The highest BCUT2D eigenvalue weighted by Gasteiger charge is 2.44. The van der Waals surface area contributed by atoms with Gasteiger partial charge >= 0.3 is 5.97 Å². The van der Waals surface area contributed by atoms with Crippen molar-refractivity contribution in [2.24, 2.45) is 0 Å². The van der Waals surface area contributed by atoms with Gasteiger partial charge in [-0.2, -0.15) is 0 Å². The zero-order valence-electron chi connectivity index (χ0n) is 13.9. The van der Waals surface area contributed by atoms with E-state index >= 15 is 0 Å². The van der Waals surface area contributed by atoms with Gasteiger partial charge in [0.1, 0.15) is 5.82 Å². The molecule has 0 saturated heterocycles. The van der Waals surface area contributed by atoms with E-state index in [-0.39, 0.29) is 12.4 Å². The van der Waals surface area contributed by atoms with Crippen molar-refractivity contribution in [1.29, 1.82) is 0 Å². The molecule has 1 aromatic carbocycles. The van der Waals surface area contributed by atoms with E-state index in [0.717, 1.165) is 24.1 Å². The van der Waals surface area contributed by atoms with Crippen molar-refractivity contribution >= 4 is 28.3 Å². The van der Waals surface area contributed by atoms with Gasteiger partial charge in [-0.15, -0.1) is 11.3 Å². The van der Waals surface area contributed by atoms with Gasteiger partial charge < -0.3 is 4.74 Å². The van der Waals surface area contributed by atoms with Crippen molar-refractivity contribution in [3.8, 4) is 0 Å². The number of halogens is 1. The number of rotatable bonds is 5. The number of hydrogen-bond acceptors (Lipinski definition) is 5. The molecule has 1 N–H and O–H groups in total. The van der Waals surface area contributed by atoms with Gasteiger partial charge in [0.2, 0.25) is 0 Å². The van der Waals surface area contributed by atoms with Crippen molar-refractivity contribution in [2.45, 2.75) is 38.0 Å². The maximum Gasteiger partial charge on any atom is 0.317 e. The molecule has 1 aliphatic rings. The molecule has 1 fully saturated rings. The number of aromatic nitrogens is 1. The largest absolute Gasteiger partial charge is 0.455 e. The van der Waals surface area contributed by atoms with E-state index in [0.29, 0.717) is 18.0 Å². The predicted molar refractivity (Wildman–Crippen MR) is 93.0 cm³/mol. The summed E-state index contributed by atoms with van der Waals surface area (Å²) in [4.78, 5) is 28.8. The standard InChI is InChI=1S/C18H19FN2O3S/c1-12-11-25-17(20-12)21-15(22)10-24-16(23)18(8-2-3-9-18)13-4-6-14(19)7-5-13/h4-7,11H,2-3,8-10H2,1H3,(H,20,21,22). The fraction of sp³-hybridized carbons (Fsp3) is 0.389. The number of nitrogens with one attached hydrogen (secondary N) is 1.